The van der Waals surface area contributed by atoms with Gasteiger partial charge in [0.15, 0.2) is 5.82 Å². The van der Waals surface area contributed by atoms with Crippen LogP contribution in [0.1, 0.15) is 23.0 Å². The van der Waals surface area contributed by atoms with Gasteiger partial charge in [-0.2, -0.15) is 4.37 Å². The van der Waals surface area contributed by atoms with E-state index in [1.54, 1.807) is 13.8 Å². The third-order valence-electron chi connectivity index (χ3n) is 2.59. The first-order valence-corrected chi connectivity index (χ1v) is 7.55. The molecule has 112 valence electrons. The Balaban J connectivity index is 2.39. The molecule has 2 rings (SSSR count). The van der Waals surface area contributed by atoms with Gasteiger partial charge in [0.2, 0.25) is 0 Å². The van der Waals surface area contributed by atoms with E-state index in [0.29, 0.717) is 10.7 Å². The van der Waals surface area contributed by atoms with E-state index in [1.807, 2.05) is 0 Å². The highest BCUT2D eigenvalue weighted by molar-refractivity contribution is 9.10. The molecule has 0 bridgehead atoms. The summed E-state index contributed by atoms with van der Waals surface area (Å²) in [6.07, 6.45) is 0. The number of carbonyl (C=O) groups excluding carboxylic acids is 1. The first-order valence-electron chi connectivity index (χ1n) is 5.99. The van der Waals surface area contributed by atoms with Crippen LogP contribution in [0.4, 0.5) is 19.5 Å². The molecule has 1 aromatic heterocycles. The van der Waals surface area contributed by atoms with Crippen LogP contribution in [0.3, 0.4) is 0 Å². The summed E-state index contributed by atoms with van der Waals surface area (Å²) in [6, 6.07) is 1.88. The van der Waals surface area contributed by atoms with Gasteiger partial charge in [0.05, 0.1) is 18.0 Å². The van der Waals surface area contributed by atoms with Crippen molar-refractivity contribution in [1.82, 2.24) is 4.37 Å². The molecule has 21 heavy (non-hydrogen) atoms. The first-order chi connectivity index (χ1) is 9.93. The second-order valence-corrected chi connectivity index (χ2v) is 5.69. The second-order valence-electron chi connectivity index (χ2n) is 4.06. The Bertz CT molecular complexity index is 668. The van der Waals surface area contributed by atoms with E-state index >= 15 is 0 Å². The van der Waals surface area contributed by atoms with Crippen molar-refractivity contribution in [2.75, 3.05) is 11.9 Å². The summed E-state index contributed by atoms with van der Waals surface area (Å²) in [5.74, 6) is -2.01. The van der Waals surface area contributed by atoms with Gasteiger partial charge >= 0.3 is 5.97 Å². The number of nitrogens with one attached hydrogen (secondary N) is 1. The van der Waals surface area contributed by atoms with E-state index in [9.17, 15) is 13.6 Å². The van der Waals surface area contributed by atoms with Crippen molar-refractivity contribution in [1.29, 1.82) is 0 Å². The van der Waals surface area contributed by atoms with Crippen molar-refractivity contribution in [2.24, 2.45) is 0 Å². The second kappa shape index (κ2) is 6.48. The van der Waals surface area contributed by atoms with E-state index in [1.165, 1.54) is 0 Å². The Morgan fingerprint density at radius 2 is 2.19 bits per heavy atom. The molecular weight excluding hydrogens is 366 g/mol. The molecule has 4 nitrogen and oxygen atoms in total. The zero-order chi connectivity index (χ0) is 15.6. The van der Waals surface area contributed by atoms with Gasteiger partial charge in [-0.3, -0.25) is 0 Å². The van der Waals surface area contributed by atoms with Crippen molar-refractivity contribution in [3.63, 3.8) is 0 Å². The fraction of sp³-hybridized carbons (Fsp3) is 0.231. The number of aromatic nitrogens is 1. The van der Waals surface area contributed by atoms with Crippen molar-refractivity contribution in [2.45, 2.75) is 13.8 Å². The summed E-state index contributed by atoms with van der Waals surface area (Å²) in [7, 11) is 0. The third-order valence-corrected chi connectivity index (χ3v) is 4.07. The van der Waals surface area contributed by atoms with E-state index in [0.717, 1.165) is 23.7 Å². The topological polar surface area (TPSA) is 51.2 Å². The highest BCUT2D eigenvalue weighted by Gasteiger charge is 2.21. The number of ether oxygens (including phenoxy) is 1. The molecule has 1 N–H and O–H groups in total. The monoisotopic (exact) mass is 376 g/mol. The number of carbonyl (C=O) groups is 1. The van der Waals surface area contributed by atoms with Gasteiger partial charge in [-0.15, -0.1) is 0 Å². The average molecular weight is 377 g/mol. The molecule has 8 heteroatoms. The first kappa shape index (κ1) is 15.8. The van der Waals surface area contributed by atoms with Crippen LogP contribution in [0.5, 0.6) is 0 Å². The number of esters is 1. The molecule has 0 aliphatic rings. The maximum Gasteiger partial charge on any atom is 0.343 e. The fourth-order valence-corrected chi connectivity index (χ4v) is 2.97. The van der Waals surface area contributed by atoms with Crippen LogP contribution >= 0.6 is 27.5 Å². The van der Waals surface area contributed by atoms with Gasteiger partial charge in [-0.25, -0.2) is 13.6 Å². The minimum absolute atomic E-state index is 0.0330. The van der Waals surface area contributed by atoms with Crippen LogP contribution in [-0.4, -0.2) is 16.9 Å². The van der Waals surface area contributed by atoms with Gasteiger partial charge in [0.25, 0.3) is 0 Å². The summed E-state index contributed by atoms with van der Waals surface area (Å²) in [5, 5.41) is 3.11. The molecule has 0 aliphatic heterocycles. The van der Waals surface area contributed by atoms with E-state index in [-0.39, 0.29) is 22.3 Å². The predicted octanol–water partition coefficient (Wildman–Crippen LogP) is 4.41. The SMILES string of the molecule is CCOC(=O)c1c(C)nsc1Nc1c(F)cc(F)cc1Br. The molecule has 2 aromatic rings. The number of rotatable bonds is 4. The third kappa shape index (κ3) is 3.38. The fourth-order valence-electron chi connectivity index (χ4n) is 1.67. The zero-order valence-electron chi connectivity index (χ0n) is 11.2. The minimum Gasteiger partial charge on any atom is -0.462 e. The number of benzene rings is 1. The lowest BCUT2D eigenvalue weighted by molar-refractivity contribution is 0.0527. The summed E-state index contributed by atoms with van der Waals surface area (Å²) in [6.45, 7) is 3.57. The number of anilines is 2. The van der Waals surface area contributed by atoms with Crippen LogP contribution < -0.4 is 5.32 Å². The van der Waals surface area contributed by atoms with Crippen LogP contribution in [0, 0.1) is 18.6 Å². The maximum absolute atomic E-state index is 13.8. The molecule has 0 unspecified atom stereocenters. The Kier molecular flexibility index (Phi) is 4.89. The van der Waals surface area contributed by atoms with Crippen LogP contribution in [0.2, 0.25) is 0 Å². The summed E-state index contributed by atoms with van der Waals surface area (Å²) < 4.78 is 36.1. The van der Waals surface area contributed by atoms with Crippen molar-refractivity contribution < 1.29 is 18.3 Å². The molecule has 0 saturated heterocycles. The van der Waals surface area contributed by atoms with E-state index < -0.39 is 17.6 Å². The predicted molar refractivity (Wildman–Crippen MR) is 80.1 cm³/mol. The van der Waals surface area contributed by atoms with Gasteiger partial charge in [0, 0.05) is 10.5 Å². The zero-order valence-corrected chi connectivity index (χ0v) is 13.6. The highest BCUT2D eigenvalue weighted by atomic mass is 79.9. The number of nitrogens with zero attached hydrogens (tertiary/aromatic N) is 1. The summed E-state index contributed by atoms with van der Waals surface area (Å²) in [5.41, 5.74) is 0.766. The normalized spacial score (nSPS) is 10.5. The Morgan fingerprint density at radius 1 is 1.48 bits per heavy atom. The quantitative estimate of drug-likeness (QED) is 0.802. The van der Waals surface area contributed by atoms with Gasteiger partial charge in [0.1, 0.15) is 16.4 Å². The summed E-state index contributed by atoms with van der Waals surface area (Å²) >= 11 is 4.08. The molecule has 0 aliphatic carbocycles. The lowest BCUT2D eigenvalue weighted by atomic mass is 10.2. The molecular formula is C13H11BrF2N2O2S. The standard InChI is InChI=1S/C13H11BrF2N2O2S/c1-3-20-13(19)10-6(2)18-21-12(10)17-11-8(14)4-7(15)5-9(11)16/h4-5,17H,3H2,1-2H3. The summed E-state index contributed by atoms with van der Waals surface area (Å²) in [4.78, 5) is 11.9. The van der Waals surface area contributed by atoms with Crippen molar-refractivity contribution in [3.8, 4) is 0 Å². The van der Waals surface area contributed by atoms with Gasteiger partial charge in [-0.05, 0) is 47.4 Å². The van der Waals surface area contributed by atoms with Crippen LogP contribution in [0.15, 0.2) is 16.6 Å². The van der Waals surface area contributed by atoms with Crippen LogP contribution in [0.25, 0.3) is 0 Å². The smallest absolute Gasteiger partial charge is 0.343 e. The van der Waals surface area contributed by atoms with Gasteiger partial charge < -0.3 is 10.1 Å². The molecule has 1 heterocycles. The Labute approximate surface area is 132 Å². The van der Waals surface area contributed by atoms with E-state index in [4.69, 9.17) is 4.74 Å². The lowest BCUT2D eigenvalue weighted by Crippen LogP contribution is -2.08. The number of halogens is 3. The van der Waals surface area contributed by atoms with E-state index in [2.05, 4.69) is 25.6 Å². The number of hydrogen-bond acceptors (Lipinski definition) is 5. The Morgan fingerprint density at radius 3 is 2.81 bits per heavy atom. The lowest BCUT2D eigenvalue weighted by Gasteiger charge is -2.10. The Hall–Kier alpha value is -1.54. The molecule has 0 amide bonds. The minimum atomic E-state index is -0.775. The van der Waals surface area contributed by atoms with Gasteiger partial charge in [-0.1, -0.05) is 0 Å². The van der Waals surface area contributed by atoms with Crippen molar-refractivity contribution in [3.05, 3.63) is 39.5 Å². The highest BCUT2D eigenvalue weighted by Crippen LogP contribution is 2.34. The largest absolute Gasteiger partial charge is 0.462 e. The molecule has 0 fully saturated rings. The molecule has 0 atom stereocenters. The van der Waals surface area contributed by atoms with Crippen molar-refractivity contribution >= 4 is 44.1 Å². The molecule has 0 saturated carbocycles. The number of aryl methyl sites for hydroxylation is 1. The molecule has 1 aromatic carbocycles. The molecule has 0 spiro atoms. The number of hydrogen-bond donors (Lipinski definition) is 1. The van der Waals surface area contributed by atoms with Crippen LogP contribution in [-0.2, 0) is 4.74 Å². The average Bonchev–Trinajstić information content (AvgIpc) is 2.75. The molecule has 0 radical (unpaired) electrons. The maximum atomic E-state index is 13.8.